The number of carbonyl (C=O) groups is 1. The molecule has 0 aliphatic rings. The molecule has 0 aliphatic carbocycles. The quantitative estimate of drug-likeness (QED) is 0.468. The van der Waals surface area contributed by atoms with Gasteiger partial charge in [0.25, 0.3) is 0 Å². The van der Waals surface area contributed by atoms with E-state index in [4.69, 9.17) is 0 Å². The van der Waals surface area contributed by atoms with Crippen molar-refractivity contribution in [2.75, 3.05) is 24.3 Å². The summed E-state index contributed by atoms with van der Waals surface area (Å²) in [4.78, 5) is 20.2. The molecule has 2 aromatic heterocycles. The molecule has 0 spiro atoms. The van der Waals surface area contributed by atoms with Crippen LogP contribution < -0.4 is 16.0 Å². The summed E-state index contributed by atoms with van der Waals surface area (Å²) in [6.45, 7) is 1.96. The van der Waals surface area contributed by atoms with Crippen LogP contribution in [0.4, 0.5) is 17.5 Å². The van der Waals surface area contributed by atoms with Gasteiger partial charge in [0, 0.05) is 25.0 Å². The molecule has 1 atom stereocenters. The van der Waals surface area contributed by atoms with Crippen LogP contribution in [0.3, 0.4) is 0 Å². The van der Waals surface area contributed by atoms with Crippen LogP contribution in [0.25, 0.3) is 0 Å². The fraction of sp³-hybridized carbons (Fsp3) is 0.263. The van der Waals surface area contributed by atoms with Gasteiger partial charge in [-0.15, -0.1) is 0 Å². The van der Waals surface area contributed by atoms with Crippen LogP contribution in [0.15, 0.2) is 48.9 Å². The molecule has 0 fully saturated rings. The second-order valence-corrected chi connectivity index (χ2v) is 6.24. The predicted molar refractivity (Wildman–Crippen MR) is 106 cm³/mol. The molecule has 28 heavy (non-hydrogen) atoms. The number of hydrogen-bond acceptors (Lipinski definition) is 7. The Morgan fingerprint density at radius 1 is 1.25 bits per heavy atom. The summed E-state index contributed by atoms with van der Waals surface area (Å²) < 4.78 is 1.52. The number of hydrogen-bond donors (Lipinski definition) is 4. The fourth-order valence-electron chi connectivity index (χ4n) is 2.60. The van der Waals surface area contributed by atoms with E-state index in [1.807, 2.05) is 37.3 Å². The Morgan fingerprint density at radius 2 is 2.04 bits per heavy atom. The first kappa shape index (κ1) is 19.3. The van der Waals surface area contributed by atoms with Gasteiger partial charge in [-0.3, -0.25) is 9.48 Å². The molecular formula is C19H23N7O2. The van der Waals surface area contributed by atoms with Crippen molar-refractivity contribution in [3.8, 4) is 0 Å². The summed E-state index contributed by atoms with van der Waals surface area (Å²) in [5, 5.41) is 22.8. The van der Waals surface area contributed by atoms with Gasteiger partial charge < -0.3 is 21.1 Å². The lowest BCUT2D eigenvalue weighted by molar-refractivity contribution is -0.121. The third kappa shape index (κ3) is 4.83. The van der Waals surface area contributed by atoms with Crippen LogP contribution in [0.1, 0.15) is 17.2 Å². The molecule has 0 aliphatic heterocycles. The molecule has 1 amide bonds. The molecule has 3 rings (SSSR count). The van der Waals surface area contributed by atoms with Gasteiger partial charge in [-0.1, -0.05) is 30.3 Å². The number of rotatable bonds is 8. The van der Waals surface area contributed by atoms with E-state index in [2.05, 4.69) is 31.0 Å². The largest absolute Gasteiger partial charge is 0.394 e. The molecule has 2 heterocycles. The van der Waals surface area contributed by atoms with E-state index in [0.717, 1.165) is 11.1 Å². The van der Waals surface area contributed by atoms with E-state index < -0.39 is 0 Å². The number of aliphatic hydroxyl groups excluding tert-OH is 1. The van der Waals surface area contributed by atoms with E-state index in [1.165, 1.54) is 4.68 Å². The van der Waals surface area contributed by atoms with Crippen molar-refractivity contribution >= 4 is 23.4 Å². The number of anilines is 3. The van der Waals surface area contributed by atoms with E-state index >= 15 is 0 Å². The Hall–Kier alpha value is -3.46. The Morgan fingerprint density at radius 3 is 2.75 bits per heavy atom. The van der Waals surface area contributed by atoms with Crippen LogP contribution in [-0.2, 0) is 11.3 Å². The second-order valence-electron chi connectivity index (χ2n) is 6.24. The summed E-state index contributed by atoms with van der Waals surface area (Å²) in [5.74, 6) is 0.874. The molecule has 0 saturated carbocycles. The van der Waals surface area contributed by atoms with Crippen molar-refractivity contribution in [3.63, 3.8) is 0 Å². The molecule has 9 nitrogen and oxygen atoms in total. The number of nitrogens with one attached hydrogen (secondary N) is 3. The first-order valence-electron chi connectivity index (χ1n) is 8.85. The average Bonchev–Trinajstić information content (AvgIpc) is 3.15. The van der Waals surface area contributed by atoms with Crippen molar-refractivity contribution in [1.29, 1.82) is 0 Å². The summed E-state index contributed by atoms with van der Waals surface area (Å²) >= 11 is 0. The third-order valence-electron chi connectivity index (χ3n) is 4.14. The van der Waals surface area contributed by atoms with Gasteiger partial charge in [0.05, 0.1) is 24.5 Å². The van der Waals surface area contributed by atoms with Crippen LogP contribution in [0.5, 0.6) is 0 Å². The highest BCUT2D eigenvalue weighted by Gasteiger charge is 2.13. The Labute approximate surface area is 162 Å². The van der Waals surface area contributed by atoms with Gasteiger partial charge in [0.15, 0.2) is 0 Å². The van der Waals surface area contributed by atoms with Crippen molar-refractivity contribution in [1.82, 2.24) is 25.1 Å². The van der Waals surface area contributed by atoms with Crippen LogP contribution in [-0.4, -0.2) is 44.4 Å². The topological polar surface area (TPSA) is 117 Å². The highest BCUT2D eigenvalue weighted by atomic mass is 16.3. The first-order valence-corrected chi connectivity index (χ1v) is 8.85. The van der Waals surface area contributed by atoms with Crippen molar-refractivity contribution in [2.45, 2.75) is 19.5 Å². The summed E-state index contributed by atoms with van der Waals surface area (Å²) in [5.41, 5.74) is 2.49. The zero-order chi connectivity index (χ0) is 19.9. The number of aliphatic hydroxyl groups is 1. The number of aryl methyl sites for hydroxylation is 1. The maximum atomic E-state index is 11.4. The molecule has 3 aromatic rings. The molecule has 146 valence electrons. The number of likely N-dealkylation sites (N-methyl/N-ethyl adjacent to an activating group) is 1. The summed E-state index contributed by atoms with van der Waals surface area (Å²) in [7, 11) is 1.58. The standard InChI is InChI=1S/C19H23N7O2/c1-13-8-21-19(23-15-9-22-26(10-15)11-17(28)20-2)25-18(13)24-16(12-27)14-6-4-3-5-7-14/h3-10,16,27H,11-12H2,1-2H3,(H,20,28)(H2,21,23,24,25)/t16-/m1/s1. The summed E-state index contributed by atoms with van der Waals surface area (Å²) in [6, 6.07) is 9.40. The lowest BCUT2D eigenvalue weighted by atomic mass is 10.1. The van der Waals surface area contributed by atoms with Crippen LogP contribution >= 0.6 is 0 Å². The van der Waals surface area contributed by atoms with Gasteiger partial charge >= 0.3 is 0 Å². The van der Waals surface area contributed by atoms with Crippen molar-refractivity contribution in [2.24, 2.45) is 0 Å². The van der Waals surface area contributed by atoms with Gasteiger partial charge in [-0.2, -0.15) is 10.1 Å². The minimum absolute atomic E-state index is 0.0670. The molecule has 9 heteroatoms. The molecule has 4 N–H and O–H groups in total. The number of nitrogens with zero attached hydrogens (tertiary/aromatic N) is 4. The van der Waals surface area contributed by atoms with E-state index in [1.54, 1.807) is 25.6 Å². The van der Waals surface area contributed by atoms with Gasteiger partial charge in [0.2, 0.25) is 11.9 Å². The minimum atomic E-state index is -0.280. The average molecular weight is 381 g/mol. The molecule has 0 bridgehead atoms. The normalized spacial score (nSPS) is 11.7. The first-order chi connectivity index (χ1) is 13.6. The van der Waals surface area contributed by atoms with Gasteiger partial charge in [-0.25, -0.2) is 4.98 Å². The van der Waals surface area contributed by atoms with Crippen molar-refractivity contribution < 1.29 is 9.90 Å². The highest BCUT2D eigenvalue weighted by Crippen LogP contribution is 2.22. The smallest absolute Gasteiger partial charge is 0.241 e. The second kappa shape index (κ2) is 8.96. The van der Waals surface area contributed by atoms with Crippen LogP contribution in [0.2, 0.25) is 0 Å². The van der Waals surface area contributed by atoms with Crippen LogP contribution in [0, 0.1) is 6.92 Å². The van der Waals surface area contributed by atoms with Gasteiger partial charge in [-0.05, 0) is 12.5 Å². The lowest BCUT2D eigenvalue weighted by Gasteiger charge is -2.19. The maximum absolute atomic E-state index is 11.4. The van der Waals surface area contributed by atoms with E-state index in [0.29, 0.717) is 17.5 Å². The number of amides is 1. The lowest BCUT2D eigenvalue weighted by Crippen LogP contribution is -2.23. The van der Waals surface area contributed by atoms with E-state index in [9.17, 15) is 9.90 Å². The van der Waals surface area contributed by atoms with Crippen molar-refractivity contribution in [3.05, 3.63) is 60.0 Å². The summed E-state index contributed by atoms with van der Waals surface area (Å²) in [6.07, 6.45) is 5.00. The molecular weight excluding hydrogens is 358 g/mol. The SMILES string of the molecule is CNC(=O)Cn1cc(Nc2ncc(C)c(N[C@H](CO)c3ccccc3)n2)cn1. The molecule has 0 saturated heterocycles. The highest BCUT2D eigenvalue weighted by molar-refractivity contribution is 5.75. The third-order valence-corrected chi connectivity index (χ3v) is 4.14. The zero-order valence-electron chi connectivity index (χ0n) is 15.8. The fourth-order valence-corrected chi connectivity index (χ4v) is 2.60. The predicted octanol–water partition coefficient (Wildman–Crippen LogP) is 1.62. The zero-order valence-corrected chi connectivity index (χ0v) is 15.8. The van der Waals surface area contributed by atoms with Gasteiger partial charge in [0.1, 0.15) is 12.4 Å². The Kier molecular flexibility index (Phi) is 6.18. The maximum Gasteiger partial charge on any atom is 0.241 e. The Bertz CT molecular complexity index is 927. The number of carbonyl (C=O) groups excluding carboxylic acids is 1. The molecule has 0 unspecified atom stereocenters. The molecule has 1 aromatic carbocycles. The number of benzene rings is 1. The van der Waals surface area contributed by atoms with E-state index in [-0.39, 0.29) is 25.1 Å². The minimum Gasteiger partial charge on any atom is -0.394 e. The number of aromatic nitrogens is 4. The molecule has 0 radical (unpaired) electrons. The monoisotopic (exact) mass is 381 g/mol. The Balaban J connectivity index is 1.73.